The Kier molecular flexibility index (Phi) is 7.60. The highest BCUT2D eigenvalue weighted by Crippen LogP contribution is 2.41. The van der Waals surface area contributed by atoms with Gasteiger partial charge in [0.1, 0.15) is 23.0 Å². The minimum absolute atomic E-state index is 0.0500. The lowest BCUT2D eigenvalue weighted by Crippen LogP contribution is -2.12. The number of hydrogen-bond donors (Lipinski definition) is 1. The summed E-state index contributed by atoms with van der Waals surface area (Å²) in [5.74, 6) is -0.979. The van der Waals surface area contributed by atoms with Crippen LogP contribution in [-0.4, -0.2) is 33.9 Å². The molecule has 0 bridgehead atoms. The third kappa shape index (κ3) is 5.35. The van der Waals surface area contributed by atoms with Crippen LogP contribution in [0.25, 0.3) is 17.0 Å². The number of thioether (sulfide) groups is 1. The Balaban J connectivity index is 1.47. The van der Waals surface area contributed by atoms with E-state index < -0.39 is 11.8 Å². The fourth-order valence-electron chi connectivity index (χ4n) is 4.14. The fourth-order valence-corrected chi connectivity index (χ4v) is 5.17. The van der Waals surface area contributed by atoms with E-state index in [-0.39, 0.29) is 30.3 Å². The number of carbonyl (C=O) groups excluding carboxylic acids is 1. The number of fused-ring (bicyclic) bond motifs is 1. The molecular formula is C30H25FN2O4S. The van der Waals surface area contributed by atoms with Crippen LogP contribution in [0.4, 0.5) is 10.1 Å². The first-order chi connectivity index (χ1) is 18.5. The zero-order chi connectivity index (χ0) is 26.5. The minimum atomic E-state index is -0.622. The standard InChI is InChI=1S/C30H25FN2O4S/c1-2-36-30(35)27-28(34)26(38-29(27)32-21-10-4-3-5-11-21)18-20-19-33(24-14-8-6-12-22(20)24)16-17-37-25-15-9-7-13-23(25)31/h3-15,18-19,34H,2,16-17H2,1H3/b26-18-,32-29?. The lowest BCUT2D eigenvalue weighted by Gasteiger charge is -2.08. The molecule has 0 atom stereocenters. The van der Waals surface area contributed by atoms with E-state index in [1.54, 1.807) is 25.1 Å². The summed E-state index contributed by atoms with van der Waals surface area (Å²) in [7, 11) is 0. The van der Waals surface area contributed by atoms with Gasteiger partial charge >= 0.3 is 5.97 Å². The van der Waals surface area contributed by atoms with Crippen LogP contribution in [0.15, 0.2) is 106 Å². The molecule has 0 saturated carbocycles. The van der Waals surface area contributed by atoms with Gasteiger partial charge in [-0.15, -0.1) is 0 Å². The molecule has 6 nitrogen and oxygen atoms in total. The van der Waals surface area contributed by atoms with Crippen LogP contribution in [0.3, 0.4) is 0 Å². The first-order valence-corrected chi connectivity index (χ1v) is 13.0. The molecule has 4 aromatic rings. The van der Waals surface area contributed by atoms with Crippen molar-refractivity contribution >= 4 is 45.4 Å². The van der Waals surface area contributed by atoms with E-state index >= 15 is 0 Å². The number of aliphatic hydroxyl groups excluding tert-OH is 1. The molecule has 1 N–H and O–H groups in total. The lowest BCUT2D eigenvalue weighted by molar-refractivity contribution is -0.138. The number of rotatable bonds is 8. The Bertz CT molecular complexity index is 1570. The van der Waals surface area contributed by atoms with Gasteiger partial charge < -0.3 is 19.1 Å². The molecule has 1 aliphatic heterocycles. The molecule has 8 heteroatoms. The average Bonchev–Trinajstić information content (AvgIpc) is 3.43. The van der Waals surface area contributed by atoms with Crippen LogP contribution in [0.5, 0.6) is 5.75 Å². The third-order valence-electron chi connectivity index (χ3n) is 5.89. The van der Waals surface area contributed by atoms with Crippen LogP contribution >= 0.6 is 11.8 Å². The number of esters is 1. The van der Waals surface area contributed by atoms with E-state index in [2.05, 4.69) is 4.99 Å². The van der Waals surface area contributed by atoms with Crippen molar-refractivity contribution in [3.8, 4) is 5.75 Å². The van der Waals surface area contributed by atoms with Gasteiger partial charge in [0.25, 0.3) is 0 Å². The number of hydrogen-bond acceptors (Lipinski definition) is 6. The summed E-state index contributed by atoms with van der Waals surface area (Å²) in [5.41, 5.74) is 2.53. The number of aromatic nitrogens is 1. The van der Waals surface area contributed by atoms with Gasteiger partial charge in [-0.1, -0.05) is 60.3 Å². The van der Waals surface area contributed by atoms with Crippen LogP contribution in [0, 0.1) is 5.82 Å². The molecule has 0 unspecified atom stereocenters. The van der Waals surface area contributed by atoms with Crippen LogP contribution in [0.1, 0.15) is 12.5 Å². The highest BCUT2D eigenvalue weighted by molar-refractivity contribution is 8.18. The Morgan fingerprint density at radius 3 is 2.58 bits per heavy atom. The van der Waals surface area contributed by atoms with Crippen molar-refractivity contribution in [2.45, 2.75) is 13.5 Å². The maximum Gasteiger partial charge on any atom is 0.344 e. The number of ether oxygens (including phenoxy) is 2. The molecule has 1 aliphatic rings. The van der Waals surface area contributed by atoms with Crippen LogP contribution in [-0.2, 0) is 16.1 Å². The van der Waals surface area contributed by atoms with Crippen molar-refractivity contribution in [2.75, 3.05) is 13.2 Å². The van der Waals surface area contributed by atoms with Gasteiger partial charge in [0.05, 0.1) is 23.7 Å². The van der Waals surface area contributed by atoms with E-state index in [0.717, 1.165) is 16.5 Å². The van der Waals surface area contributed by atoms with E-state index in [1.165, 1.54) is 17.8 Å². The largest absolute Gasteiger partial charge is 0.506 e. The number of para-hydroxylation sites is 3. The number of benzene rings is 3. The lowest BCUT2D eigenvalue weighted by atomic mass is 10.1. The Morgan fingerprint density at radius 1 is 1.05 bits per heavy atom. The van der Waals surface area contributed by atoms with Crippen molar-refractivity contribution in [1.82, 2.24) is 4.57 Å². The van der Waals surface area contributed by atoms with Gasteiger partial charge in [0.2, 0.25) is 0 Å². The van der Waals surface area contributed by atoms with Gasteiger partial charge in [0, 0.05) is 22.7 Å². The van der Waals surface area contributed by atoms with Gasteiger partial charge in [-0.3, -0.25) is 0 Å². The van der Waals surface area contributed by atoms with Crippen molar-refractivity contribution < 1.29 is 23.8 Å². The van der Waals surface area contributed by atoms with Crippen molar-refractivity contribution in [3.63, 3.8) is 0 Å². The molecular weight excluding hydrogens is 503 g/mol. The number of aliphatic hydroxyl groups is 1. The summed E-state index contributed by atoms with van der Waals surface area (Å²) in [5, 5.41) is 12.4. The zero-order valence-electron chi connectivity index (χ0n) is 20.6. The maximum absolute atomic E-state index is 13.9. The molecule has 0 aliphatic carbocycles. The second kappa shape index (κ2) is 11.4. The van der Waals surface area contributed by atoms with Crippen LogP contribution < -0.4 is 4.74 Å². The molecule has 2 heterocycles. The van der Waals surface area contributed by atoms with Gasteiger partial charge in [-0.05, 0) is 43.3 Å². The fraction of sp³-hybridized carbons (Fsp3) is 0.133. The Morgan fingerprint density at radius 2 is 1.79 bits per heavy atom. The van der Waals surface area contributed by atoms with Gasteiger partial charge in [-0.25, -0.2) is 14.2 Å². The SMILES string of the molecule is CCOC(=O)C1=C(O)/C(=C/c2cn(CCOc3ccccc3F)c3ccccc23)SC1=Nc1ccccc1. The summed E-state index contributed by atoms with van der Waals surface area (Å²) in [6.07, 6.45) is 3.79. The van der Waals surface area contributed by atoms with E-state index in [4.69, 9.17) is 9.47 Å². The minimum Gasteiger partial charge on any atom is -0.506 e. The molecule has 0 amide bonds. The molecule has 0 saturated heterocycles. The van der Waals surface area contributed by atoms with Crippen molar-refractivity contribution in [1.29, 1.82) is 0 Å². The molecule has 3 aromatic carbocycles. The molecule has 5 rings (SSSR count). The molecule has 0 fully saturated rings. The highest BCUT2D eigenvalue weighted by atomic mass is 32.2. The van der Waals surface area contributed by atoms with Gasteiger partial charge in [-0.2, -0.15) is 0 Å². The van der Waals surface area contributed by atoms with Crippen molar-refractivity contribution in [2.24, 2.45) is 4.99 Å². The average molecular weight is 529 g/mol. The summed E-state index contributed by atoms with van der Waals surface area (Å²) in [6.45, 7) is 2.66. The first-order valence-electron chi connectivity index (χ1n) is 12.1. The Hall–Kier alpha value is -4.30. The molecule has 192 valence electrons. The summed E-state index contributed by atoms with van der Waals surface area (Å²) < 4.78 is 26.8. The number of halogens is 1. The van der Waals surface area contributed by atoms with E-state index in [0.29, 0.717) is 22.2 Å². The normalized spacial score (nSPS) is 15.5. The monoisotopic (exact) mass is 528 g/mol. The summed E-state index contributed by atoms with van der Waals surface area (Å²) in [4.78, 5) is 17.8. The highest BCUT2D eigenvalue weighted by Gasteiger charge is 2.33. The summed E-state index contributed by atoms with van der Waals surface area (Å²) >= 11 is 1.22. The number of carbonyl (C=O) groups is 1. The predicted molar refractivity (Wildman–Crippen MR) is 149 cm³/mol. The van der Waals surface area contributed by atoms with Crippen molar-refractivity contribution in [3.05, 3.63) is 113 Å². The topological polar surface area (TPSA) is 73.0 Å². The van der Waals surface area contributed by atoms with E-state index in [9.17, 15) is 14.3 Å². The smallest absolute Gasteiger partial charge is 0.344 e. The second-order valence-corrected chi connectivity index (χ2v) is 9.41. The quantitative estimate of drug-likeness (QED) is 0.248. The van der Waals surface area contributed by atoms with E-state index in [1.807, 2.05) is 71.4 Å². The molecule has 38 heavy (non-hydrogen) atoms. The first kappa shape index (κ1) is 25.4. The zero-order valence-corrected chi connectivity index (χ0v) is 21.5. The molecule has 0 radical (unpaired) electrons. The molecule has 1 aromatic heterocycles. The third-order valence-corrected chi connectivity index (χ3v) is 6.91. The number of nitrogens with zero attached hydrogens (tertiary/aromatic N) is 2. The van der Waals surface area contributed by atoms with Crippen LogP contribution in [0.2, 0.25) is 0 Å². The summed E-state index contributed by atoms with van der Waals surface area (Å²) in [6, 6.07) is 23.4. The molecule has 0 spiro atoms. The predicted octanol–water partition coefficient (Wildman–Crippen LogP) is 7.05. The van der Waals surface area contributed by atoms with Gasteiger partial charge in [0.15, 0.2) is 11.6 Å². The Labute approximate surface area is 223 Å². The second-order valence-electron chi connectivity index (χ2n) is 8.38. The number of aliphatic imine (C=N–C) groups is 1. The maximum atomic E-state index is 13.9.